The third-order valence-corrected chi connectivity index (χ3v) is 3.42. The first-order valence-electron chi connectivity index (χ1n) is 7.08. The van der Waals surface area contributed by atoms with Gasteiger partial charge in [-0.3, -0.25) is 14.9 Å². The van der Waals surface area contributed by atoms with E-state index in [1.54, 1.807) is 19.9 Å². The van der Waals surface area contributed by atoms with Gasteiger partial charge in [0.15, 0.2) is 0 Å². The smallest absolute Gasteiger partial charge is 0.285 e. The van der Waals surface area contributed by atoms with Crippen molar-refractivity contribution in [2.45, 2.75) is 40.2 Å². The number of carbonyl (C=O) groups excluding carboxylic acids is 1. The molecule has 120 valence electrons. The maximum Gasteiger partial charge on any atom is 0.285 e. The van der Waals surface area contributed by atoms with Crippen LogP contribution >= 0.6 is 0 Å². The Morgan fingerprint density at radius 3 is 2.74 bits per heavy atom. The van der Waals surface area contributed by atoms with E-state index in [1.165, 1.54) is 0 Å². The molecular weight excluding hydrogens is 298 g/mol. The second kappa shape index (κ2) is 6.44. The van der Waals surface area contributed by atoms with Gasteiger partial charge in [-0.15, -0.1) is 0 Å². The summed E-state index contributed by atoms with van der Waals surface area (Å²) in [7, 11) is 0. The molecule has 1 amide bonds. The van der Waals surface area contributed by atoms with Crippen LogP contribution in [-0.2, 0) is 11.3 Å². The van der Waals surface area contributed by atoms with Crippen molar-refractivity contribution in [2.75, 3.05) is 5.32 Å². The molecule has 2 heterocycles. The number of aromatic nitrogens is 3. The predicted octanol–water partition coefficient (Wildman–Crippen LogP) is 1.48. The Labute approximate surface area is 132 Å². The number of hydrogen-bond acceptors (Lipinski definition) is 6. The lowest BCUT2D eigenvalue weighted by molar-refractivity contribution is -0.117. The highest BCUT2D eigenvalue weighted by molar-refractivity contribution is 5.89. The van der Waals surface area contributed by atoms with Crippen LogP contribution in [0, 0.1) is 25.2 Å². The summed E-state index contributed by atoms with van der Waals surface area (Å²) >= 11 is 0. The Balaban J connectivity index is 2.19. The zero-order valence-corrected chi connectivity index (χ0v) is 13.4. The molecule has 8 heteroatoms. The fraction of sp³-hybridized carbons (Fsp3) is 0.400. The van der Waals surface area contributed by atoms with Crippen LogP contribution in [-0.4, -0.2) is 20.8 Å². The van der Waals surface area contributed by atoms with Crippen molar-refractivity contribution in [1.82, 2.24) is 14.9 Å². The highest BCUT2D eigenvalue weighted by Crippen LogP contribution is 2.17. The molecule has 0 radical (unpaired) electrons. The third-order valence-electron chi connectivity index (χ3n) is 3.42. The zero-order valence-electron chi connectivity index (χ0n) is 13.4. The lowest BCUT2D eigenvalue weighted by Crippen LogP contribution is -2.32. The molecule has 0 aromatic carbocycles. The largest absolute Gasteiger partial charge is 0.338 e. The lowest BCUT2D eigenvalue weighted by atomic mass is 10.1. The van der Waals surface area contributed by atoms with Crippen LogP contribution in [0.25, 0.3) is 0 Å². The monoisotopic (exact) mass is 315 g/mol. The minimum absolute atomic E-state index is 0.00735. The van der Waals surface area contributed by atoms with Gasteiger partial charge in [-0.2, -0.15) is 10.4 Å². The van der Waals surface area contributed by atoms with E-state index < -0.39 is 11.5 Å². The Bertz CT molecular complexity index is 842. The number of anilines is 1. The molecule has 0 aliphatic heterocycles. The van der Waals surface area contributed by atoms with Crippen molar-refractivity contribution in [2.24, 2.45) is 0 Å². The molecule has 2 rings (SSSR count). The average Bonchev–Trinajstić information content (AvgIpc) is 2.94. The number of nitriles is 1. The Kier molecular flexibility index (Phi) is 4.60. The molecule has 1 N–H and O–H groups in total. The molecule has 0 bridgehead atoms. The number of hydrogen-bond donors (Lipinski definition) is 1. The minimum atomic E-state index is -0.591. The van der Waals surface area contributed by atoms with E-state index in [-0.39, 0.29) is 23.9 Å². The summed E-state index contributed by atoms with van der Waals surface area (Å²) in [5.74, 6) is -0.110. The number of aryl methyl sites for hydroxylation is 1. The van der Waals surface area contributed by atoms with Gasteiger partial charge >= 0.3 is 0 Å². The molecular formula is C15H17N5O3. The number of nitrogens with one attached hydrogen (secondary N) is 1. The third kappa shape index (κ3) is 3.45. The molecule has 2 aromatic rings. The van der Waals surface area contributed by atoms with Gasteiger partial charge in [-0.25, -0.2) is 4.68 Å². The van der Waals surface area contributed by atoms with Gasteiger partial charge in [-0.05, 0) is 25.3 Å². The lowest BCUT2D eigenvalue weighted by Gasteiger charge is -2.08. The topological polar surface area (TPSA) is 114 Å². The molecule has 0 unspecified atom stereocenters. The summed E-state index contributed by atoms with van der Waals surface area (Å²) in [4.78, 5) is 24.1. The standard InChI is InChI=1S/C15H17N5O3/c1-8(2)12-5-14(23-19-12)17-13(21)7-20-15(22)11(6-16)9(3)10(4)18-20/h5,8H,7H2,1-4H3,(H,17,21). The zero-order chi connectivity index (χ0) is 17.1. The van der Waals surface area contributed by atoms with Crippen LogP contribution in [0.1, 0.15) is 42.3 Å². The summed E-state index contributed by atoms with van der Waals surface area (Å²) in [6, 6.07) is 3.47. The summed E-state index contributed by atoms with van der Waals surface area (Å²) in [6.07, 6.45) is 0. The van der Waals surface area contributed by atoms with Gasteiger partial charge in [0.25, 0.3) is 5.56 Å². The van der Waals surface area contributed by atoms with E-state index >= 15 is 0 Å². The molecule has 0 saturated carbocycles. The number of amides is 1. The second-order valence-electron chi connectivity index (χ2n) is 5.48. The van der Waals surface area contributed by atoms with Crippen LogP contribution in [0.4, 0.5) is 5.88 Å². The van der Waals surface area contributed by atoms with Crippen LogP contribution in [0.15, 0.2) is 15.4 Å². The first kappa shape index (κ1) is 16.4. The molecule has 2 aromatic heterocycles. The minimum Gasteiger partial charge on any atom is -0.338 e. The van der Waals surface area contributed by atoms with Gasteiger partial charge in [0.05, 0.1) is 11.4 Å². The van der Waals surface area contributed by atoms with Crippen molar-refractivity contribution >= 4 is 11.8 Å². The maximum absolute atomic E-state index is 12.1. The van der Waals surface area contributed by atoms with Crippen LogP contribution in [0.5, 0.6) is 0 Å². The molecule has 0 spiro atoms. The normalized spacial score (nSPS) is 10.6. The van der Waals surface area contributed by atoms with Crippen molar-refractivity contribution < 1.29 is 9.32 Å². The van der Waals surface area contributed by atoms with Gasteiger partial charge < -0.3 is 4.52 Å². The van der Waals surface area contributed by atoms with E-state index in [9.17, 15) is 9.59 Å². The average molecular weight is 315 g/mol. The quantitative estimate of drug-likeness (QED) is 0.914. The molecule has 8 nitrogen and oxygen atoms in total. The van der Waals surface area contributed by atoms with Gasteiger partial charge in [0.1, 0.15) is 18.2 Å². The molecule has 0 fully saturated rings. The summed E-state index contributed by atoms with van der Waals surface area (Å²) < 4.78 is 5.98. The number of rotatable bonds is 4. The van der Waals surface area contributed by atoms with Crippen molar-refractivity contribution in [3.63, 3.8) is 0 Å². The summed E-state index contributed by atoms with van der Waals surface area (Å²) in [5.41, 5.74) is 1.16. The Morgan fingerprint density at radius 1 is 1.48 bits per heavy atom. The van der Waals surface area contributed by atoms with Crippen LogP contribution in [0.3, 0.4) is 0 Å². The predicted molar refractivity (Wildman–Crippen MR) is 81.9 cm³/mol. The maximum atomic E-state index is 12.1. The van der Waals surface area contributed by atoms with Crippen molar-refractivity contribution in [3.05, 3.63) is 38.9 Å². The molecule has 0 aliphatic rings. The van der Waals surface area contributed by atoms with E-state index in [4.69, 9.17) is 9.78 Å². The first-order valence-corrected chi connectivity index (χ1v) is 7.08. The highest BCUT2D eigenvalue weighted by Gasteiger charge is 2.15. The summed E-state index contributed by atoms with van der Waals surface area (Å²) in [6.45, 7) is 6.91. The highest BCUT2D eigenvalue weighted by atomic mass is 16.5. The Hall–Kier alpha value is -2.95. The van der Waals surface area contributed by atoms with E-state index in [0.29, 0.717) is 17.0 Å². The first-order chi connectivity index (χ1) is 10.8. The molecule has 23 heavy (non-hydrogen) atoms. The van der Waals surface area contributed by atoms with Crippen molar-refractivity contribution in [1.29, 1.82) is 5.26 Å². The number of carbonyl (C=O) groups is 1. The van der Waals surface area contributed by atoms with E-state index in [0.717, 1.165) is 4.68 Å². The van der Waals surface area contributed by atoms with Crippen molar-refractivity contribution in [3.8, 4) is 6.07 Å². The Morgan fingerprint density at radius 2 is 2.17 bits per heavy atom. The van der Waals surface area contributed by atoms with Gasteiger partial charge in [0.2, 0.25) is 11.8 Å². The number of nitrogens with zero attached hydrogens (tertiary/aromatic N) is 4. The van der Waals surface area contributed by atoms with E-state index in [2.05, 4.69) is 15.6 Å². The summed E-state index contributed by atoms with van der Waals surface area (Å²) in [5, 5.41) is 19.4. The molecule has 0 atom stereocenters. The van der Waals surface area contributed by atoms with Gasteiger partial charge in [-0.1, -0.05) is 19.0 Å². The van der Waals surface area contributed by atoms with Crippen LogP contribution < -0.4 is 10.9 Å². The molecule has 0 aliphatic carbocycles. The SMILES string of the molecule is Cc1nn(CC(=O)Nc2cc(C(C)C)no2)c(=O)c(C#N)c1C. The van der Waals surface area contributed by atoms with Crippen LogP contribution in [0.2, 0.25) is 0 Å². The fourth-order valence-corrected chi connectivity index (χ4v) is 1.94. The van der Waals surface area contributed by atoms with Gasteiger partial charge in [0, 0.05) is 6.07 Å². The molecule has 0 saturated heterocycles. The second-order valence-corrected chi connectivity index (χ2v) is 5.48. The van der Waals surface area contributed by atoms with E-state index in [1.807, 2.05) is 19.9 Å². The fourth-order valence-electron chi connectivity index (χ4n) is 1.94.